The molecule has 0 aliphatic rings. The Bertz CT molecular complexity index is 946. The van der Waals surface area contributed by atoms with E-state index in [1.165, 1.54) is 22.8 Å². The zero-order chi connectivity index (χ0) is 15.9. The van der Waals surface area contributed by atoms with Crippen LogP contribution < -0.4 is 11.3 Å². The van der Waals surface area contributed by atoms with Crippen LogP contribution in [-0.4, -0.2) is 10.5 Å². The minimum Gasteiger partial charge on any atom is -0.366 e. The fraction of sp³-hybridized carbons (Fsp3) is 0.0588. The van der Waals surface area contributed by atoms with Gasteiger partial charge in [0.05, 0.1) is 5.56 Å². The Balaban J connectivity index is 2.53. The van der Waals surface area contributed by atoms with E-state index in [4.69, 9.17) is 5.73 Å². The zero-order valence-corrected chi connectivity index (χ0v) is 11.8. The number of aromatic nitrogens is 1. The summed E-state index contributed by atoms with van der Waals surface area (Å²) in [5.74, 6) is -1.22. The molecule has 1 amide bonds. The van der Waals surface area contributed by atoms with Gasteiger partial charge in [0.15, 0.2) is 0 Å². The molecule has 0 atom stereocenters. The van der Waals surface area contributed by atoms with Crippen molar-refractivity contribution in [3.8, 4) is 5.69 Å². The number of nitrogens with zero attached hydrogens (tertiary/aromatic N) is 1. The Morgan fingerprint density at radius 2 is 1.77 bits per heavy atom. The average Bonchev–Trinajstić information content (AvgIpc) is 2.47. The van der Waals surface area contributed by atoms with E-state index in [9.17, 15) is 14.0 Å². The molecule has 1 aromatic heterocycles. The van der Waals surface area contributed by atoms with Crippen LogP contribution in [-0.2, 0) is 0 Å². The van der Waals surface area contributed by atoms with Crippen molar-refractivity contribution in [1.29, 1.82) is 0 Å². The summed E-state index contributed by atoms with van der Waals surface area (Å²) in [6, 6.07) is 12.7. The number of hydrogen-bond acceptors (Lipinski definition) is 2. The third-order valence-corrected chi connectivity index (χ3v) is 3.64. The average molecular weight is 296 g/mol. The van der Waals surface area contributed by atoms with Crippen LogP contribution in [0, 0.1) is 12.7 Å². The predicted molar refractivity (Wildman–Crippen MR) is 82.8 cm³/mol. The summed E-state index contributed by atoms with van der Waals surface area (Å²) in [6.45, 7) is 1.62. The molecule has 2 N–H and O–H groups in total. The van der Waals surface area contributed by atoms with E-state index in [-0.39, 0.29) is 21.9 Å². The van der Waals surface area contributed by atoms with Gasteiger partial charge in [-0.2, -0.15) is 0 Å². The second-order valence-corrected chi connectivity index (χ2v) is 4.99. The predicted octanol–water partition coefficient (Wildman–Crippen LogP) is 2.54. The van der Waals surface area contributed by atoms with Crippen molar-refractivity contribution in [1.82, 2.24) is 4.57 Å². The number of hydrogen-bond donors (Lipinski definition) is 1. The van der Waals surface area contributed by atoms with Crippen LogP contribution in [0.4, 0.5) is 4.39 Å². The summed E-state index contributed by atoms with van der Waals surface area (Å²) in [4.78, 5) is 24.6. The molecule has 4 nitrogen and oxygen atoms in total. The number of halogens is 1. The lowest BCUT2D eigenvalue weighted by molar-refractivity contribution is 0.100. The first-order valence-electron chi connectivity index (χ1n) is 6.71. The smallest absolute Gasteiger partial charge is 0.263 e. The molecule has 1 heterocycles. The van der Waals surface area contributed by atoms with Gasteiger partial charge in [0, 0.05) is 22.2 Å². The maximum absolute atomic E-state index is 13.5. The summed E-state index contributed by atoms with van der Waals surface area (Å²) in [7, 11) is 0. The maximum Gasteiger partial charge on any atom is 0.263 e. The molecule has 5 heteroatoms. The Labute approximate surface area is 125 Å². The highest BCUT2D eigenvalue weighted by atomic mass is 19.1. The minimum atomic E-state index is -0.696. The molecule has 0 aliphatic carbocycles. The lowest BCUT2D eigenvalue weighted by Crippen LogP contribution is -2.26. The zero-order valence-electron chi connectivity index (χ0n) is 11.8. The first kappa shape index (κ1) is 14.0. The van der Waals surface area contributed by atoms with Crippen molar-refractivity contribution < 1.29 is 9.18 Å². The molecular formula is C17H13FN2O2. The topological polar surface area (TPSA) is 65.1 Å². The van der Waals surface area contributed by atoms with Crippen molar-refractivity contribution in [3.63, 3.8) is 0 Å². The van der Waals surface area contributed by atoms with Gasteiger partial charge in [-0.1, -0.05) is 18.2 Å². The number of carbonyl (C=O) groups excluding carboxylic acids is 1. The number of pyridine rings is 1. The van der Waals surface area contributed by atoms with Crippen molar-refractivity contribution in [2.24, 2.45) is 5.73 Å². The number of benzene rings is 2. The Hall–Kier alpha value is -2.95. The molecule has 0 saturated carbocycles. The summed E-state index contributed by atoms with van der Waals surface area (Å²) in [5, 5.41) is 0.492. The first-order chi connectivity index (χ1) is 10.5. The number of para-hydroxylation sites is 1. The molecule has 0 unspecified atom stereocenters. The van der Waals surface area contributed by atoms with Crippen LogP contribution in [0.2, 0.25) is 0 Å². The molecule has 22 heavy (non-hydrogen) atoms. The summed E-state index contributed by atoms with van der Waals surface area (Å²) in [6.07, 6.45) is 0. The minimum absolute atomic E-state index is 0.151. The monoisotopic (exact) mass is 296 g/mol. The quantitative estimate of drug-likeness (QED) is 0.789. The van der Waals surface area contributed by atoms with E-state index in [0.717, 1.165) is 0 Å². The Kier molecular flexibility index (Phi) is 3.25. The number of rotatable bonds is 2. The molecule has 2 aromatic carbocycles. The molecule has 0 radical (unpaired) electrons. The standard InChI is InChI=1S/C17H13FN2O2/c1-10-15(16(19)21)14-9-11(18)7-8-13(14)17(22)20(10)12-5-3-2-4-6-12/h2-9H,1H3,(H2,19,21). The molecule has 0 fully saturated rings. The molecule has 110 valence electrons. The summed E-state index contributed by atoms with van der Waals surface area (Å²) < 4.78 is 14.9. The van der Waals surface area contributed by atoms with Crippen molar-refractivity contribution in [2.75, 3.05) is 0 Å². The number of amides is 1. The molecule has 0 aliphatic heterocycles. The van der Waals surface area contributed by atoms with Crippen LogP contribution in [0.5, 0.6) is 0 Å². The molecule has 3 rings (SSSR count). The van der Waals surface area contributed by atoms with Gasteiger partial charge in [0.1, 0.15) is 5.82 Å². The van der Waals surface area contributed by atoms with E-state index in [1.54, 1.807) is 31.2 Å². The molecular weight excluding hydrogens is 283 g/mol. The van der Waals surface area contributed by atoms with Gasteiger partial charge in [0.25, 0.3) is 11.5 Å². The molecule has 0 spiro atoms. The highest BCUT2D eigenvalue weighted by Gasteiger charge is 2.18. The van der Waals surface area contributed by atoms with Gasteiger partial charge in [-0.3, -0.25) is 14.2 Å². The van der Waals surface area contributed by atoms with Crippen LogP contribution in [0.15, 0.2) is 53.3 Å². The highest BCUT2D eigenvalue weighted by molar-refractivity contribution is 6.07. The molecule has 3 aromatic rings. The first-order valence-corrected chi connectivity index (χ1v) is 6.71. The van der Waals surface area contributed by atoms with Crippen molar-refractivity contribution >= 4 is 16.7 Å². The van der Waals surface area contributed by atoms with Crippen molar-refractivity contribution in [3.05, 3.63) is 76.0 Å². The molecule has 0 bridgehead atoms. The van der Waals surface area contributed by atoms with Crippen LogP contribution >= 0.6 is 0 Å². The van der Waals surface area contributed by atoms with E-state index < -0.39 is 11.7 Å². The third kappa shape index (κ3) is 2.07. The second kappa shape index (κ2) is 5.11. The fourth-order valence-electron chi connectivity index (χ4n) is 2.69. The van der Waals surface area contributed by atoms with E-state index in [2.05, 4.69) is 0 Å². The Morgan fingerprint density at radius 3 is 2.41 bits per heavy atom. The van der Waals surface area contributed by atoms with Crippen LogP contribution in [0.3, 0.4) is 0 Å². The summed E-state index contributed by atoms with van der Waals surface area (Å²) in [5.41, 5.74) is 6.30. The number of primary amides is 1. The highest BCUT2D eigenvalue weighted by Crippen LogP contribution is 2.22. The lowest BCUT2D eigenvalue weighted by atomic mass is 10.0. The van der Waals surface area contributed by atoms with Gasteiger partial charge < -0.3 is 5.73 Å². The van der Waals surface area contributed by atoms with Gasteiger partial charge in [0.2, 0.25) is 0 Å². The SMILES string of the molecule is Cc1c(C(N)=O)c2cc(F)ccc2c(=O)n1-c1ccccc1. The summed E-state index contributed by atoms with van der Waals surface area (Å²) >= 11 is 0. The van der Waals surface area contributed by atoms with E-state index in [0.29, 0.717) is 11.4 Å². The maximum atomic E-state index is 13.5. The third-order valence-electron chi connectivity index (χ3n) is 3.64. The van der Waals surface area contributed by atoms with Crippen LogP contribution in [0.1, 0.15) is 16.1 Å². The van der Waals surface area contributed by atoms with Gasteiger partial charge in [-0.05, 0) is 37.3 Å². The molecule has 0 saturated heterocycles. The van der Waals surface area contributed by atoms with Crippen molar-refractivity contribution in [2.45, 2.75) is 6.92 Å². The second-order valence-electron chi connectivity index (χ2n) is 4.99. The largest absolute Gasteiger partial charge is 0.366 e. The number of fused-ring (bicyclic) bond motifs is 1. The van der Waals surface area contributed by atoms with E-state index >= 15 is 0 Å². The van der Waals surface area contributed by atoms with Gasteiger partial charge in [-0.15, -0.1) is 0 Å². The van der Waals surface area contributed by atoms with Gasteiger partial charge >= 0.3 is 0 Å². The van der Waals surface area contributed by atoms with E-state index in [1.807, 2.05) is 6.07 Å². The number of carbonyl (C=O) groups is 1. The normalized spacial score (nSPS) is 10.8. The number of nitrogens with two attached hydrogens (primary N) is 1. The Morgan fingerprint density at radius 1 is 1.09 bits per heavy atom. The lowest BCUT2D eigenvalue weighted by Gasteiger charge is -2.15. The van der Waals surface area contributed by atoms with Crippen LogP contribution in [0.25, 0.3) is 16.5 Å². The fourth-order valence-corrected chi connectivity index (χ4v) is 2.69. The van der Waals surface area contributed by atoms with Gasteiger partial charge in [-0.25, -0.2) is 4.39 Å².